The van der Waals surface area contributed by atoms with Gasteiger partial charge in [-0.05, 0) is 98.6 Å². The van der Waals surface area contributed by atoms with Crippen molar-refractivity contribution in [2.75, 3.05) is 24.1 Å². The van der Waals surface area contributed by atoms with Gasteiger partial charge < -0.3 is 20.7 Å². The summed E-state index contributed by atoms with van der Waals surface area (Å²) < 4.78 is 7.69. The second kappa shape index (κ2) is 11.4. The monoisotopic (exact) mass is 576 g/mol. The van der Waals surface area contributed by atoms with Crippen LogP contribution < -0.4 is 15.5 Å². The molecule has 10 heteroatoms. The number of fused-ring (bicyclic) bond motifs is 1. The third kappa shape index (κ3) is 5.60. The SMILES string of the molecule is Nc1ncc[n+]2c([C@@H]3CCCN(C(=O)OC4=CCCC=C4)C3)[nH]c(-c3ccc(C(=O)Nc4cc(C5CC5)ccn4)cc3)c12. The number of allylic oxidation sites excluding steroid dienone is 3. The number of aromatic nitrogens is 4. The van der Waals surface area contributed by atoms with Gasteiger partial charge in [-0.3, -0.25) is 4.79 Å². The highest BCUT2D eigenvalue weighted by atomic mass is 16.6. The Bertz CT molecular complexity index is 1750. The summed E-state index contributed by atoms with van der Waals surface area (Å²) in [5, 5.41) is 2.92. The molecule has 1 atom stereocenters. The lowest BCUT2D eigenvalue weighted by atomic mass is 9.97. The van der Waals surface area contributed by atoms with Gasteiger partial charge in [0.1, 0.15) is 17.8 Å². The first kappa shape index (κ1) is 26.9. The number of nitrogens with zero attached hydrogens (tertiary/aromatic N) is 4. The number of carbonyl (C=O) groups is 2. The largest absolute Gasteiger partial charge is 0.415 e. The topological polar surface area (TPSA) is 130 Å². The van der Waals surface area contributed by atoms with Gasteiger partial charge in [0.15, 0.2) is 11.5 Å². The van der Waals surface area contributed by atoms with Crippen molar-refractivity contribution in [3.63, 3.8) is 0 Å². The molecule has 1 saturated heterocycles. The number of amides is 2. The number of rotatable bonds is 6. The number of nitrogen functional groups attached to an aromatic ring is 1. The number of nitrogens with two attached hydrogens (primary N) is 1. The number of likely N-dealkylation sites (tertiary alicyclic amines) is 1. The van der Waals surface area contributed by atoms with E-state index in [2.05, 4.69) is 20.3 Å². The van der Waals surface area contributed by atoms with E-state index in [9.17, 15) is 9.59 Å². The van der Waals surface area contributed by atoms with E-state index in [1.165, 1.54) is 18.4 Å². The number of hydrogen-bond acceptors (Lipinski definition) is 6. The number of aromatic amines is 1. The van der Waals surface area contributed by atoms with Crippen LogP contribution in [0.3, 0.4) is 0 Å². The molecule has 218 valence electrons. The van der Waals surface area contributed by atoms with Gasteiger partial charge >= 0.3 is 6.09 Å². The molecule has 2 fully saturated rings. The van der Waals surface area contributed by atoms with E-state index in [1.807, 2.05) is 53.1 Å². The Labute approximate surface area is 249 Å². The fourth-order valence-corrected chi connectivity index (χ4v) is 6.00. The van der Waals surface area contributed by atoms with Crippen molar-refractivity contribution in [3.8, 4) is 11.3 Å². The molecule has 4 heterocycles. The summed E-state index contributed by atoms with van der Waals surface area (Å²) in [7, 11) is 0. The summed E-state index contributed by atoms with van der Waals surface area (Å²) in [5.41, 5.74) is 10.6. The average molecular weight is 577 g/mol. The predicted molar refractivity (Wildman–Crippen MR) is 162 cm³/mol. The molecule has 10 nitrogen and oxygen atoms in total. The fraction of sp³-hybridized carbons (Fsp3) is 0.303. The minimum Gasteiger partial charge on any atom is -0.411 e. The number of H-pyrrole nitrogens is 1. The van der Waals surface area contributed by atoms with Crippen LogP contribution >= 0.6 is 0 Å². The van der Waals surface area contributed by atoms with Crippen molar-refractivity contribution < 1.29 is 18.7 Å². The Morgan fingerprint density at radius 3 is 2.70 bits per heavy atom. The number of carbonyl (C=O) groups excluding carboxylic acids is 2. The van der Waals surface area contributed by atoms with Crippen LogP contribution in [0.4, 0.5) is 16.4 Å². The molecule has 0 bridgehead atoms. The molecule has 7 rings (SSSR count). The summed E-state index contributed by atoms with van der Waals surface area (Å²) in [6.45, 7) is 1.17. The van der Waals surface area contributed by atoms with Crippen molar-refractivity contribution in [3.05, 3.63) is 95.9 Å². The zero-order valence-corrected chi connectivity index (χ0v) is 23.8. The molecular weight excluding hydrogens is 542 g/mol. The van der Waals surface area contributed by atoms with Crippen LogP contribution in [0.15, 0.2) is 79.0 Å². The average Bonchev–Trinajstić information content (AvgIpc) is 3.82. The van der Waals surface area contributed by atoms with Gasteiger partial charge in [-0.1, -0.05) is 6.08 Å². The first-order valence-electron chi connectivity index (χ1n) is 14.9. The predicted octanol–water partition coefficient (Wildman–Crippen LogP) is 5.47. The third-order valence-corrected chi connectivity index (χ3v) is 8.40. The number of piperidine rings is 1. The normalized spacial score (nSPS) is 18.4. The quantitative estimate of drug-likeness (QED) is 0.261. The molecule has 3 aliphatic rings. The Kier molecular flexibility index (Phi) is 7.10. The van der Waals surface area contributed by atoms with Crippen molar-refractivity contribution >= 4 is 29.2 Å². The minimum atomic E-state index is -0.326. The Morgan fingerprint density at radius 2 is 1.91 bits per heavy atom. The Morgan fingerprint density at radius 1 is 1.05 bits per heavy atom. The lowest BCUT2D eigenvalue weighted by Crippen LogP contribution is -2.42. The van der Waals surface area contributed by atoms with Gasteiger partial charge in [0, 0.05) is 30.4 Å². The van der Waals surface area contributed by atoms with E-state index in [0.29, 0.717) is 42.0 Å². The standard InChI is InChI=1S/C33H33N7O3/c34-30-29-28(22-10-12-23(13-11-22)32(41)37-27-19-24(14-15-35-27)21-8-9-21)38-31(40(29)18-16-36-30)25-5-4-17-39(20-25)33(42)43-26-6-2-1-3-7-26/h2,6-7,10-16,18-19,21,25H,1,3-5,8-9,17,20H2,(H3,34,35,36,37,41)/p+1/t25-/m1/s1. The third-order valence-electron chi connectivity index (χ3n) is 8.40. The lowest BCUT2D eigenvalue weighted by Gasteiger charge is -2.30. The fourth-order valence-electron chi connectivity index (χ4n) is 6.00. The van der Waals surface area contributed by atoms with Crippen LogP contribution in [0, 0.1) is 0 Å². The first-order chi connectivity index (χ1) is 21.0. The van der Waals surface area contributed by atoms with E-state index < -0.39 is 0 Å². The number of imidazole rings is 1. The van der Waals surface area contributed by atoms with Crippen molar-refractivity contribution in [2.45, 2.75) is 50.4 Å². The number of pyridine rings is 1. The second-order valence-electron chi connectivity index (χ2n) is 11.4. The van der Waals surface area contributed by atoms with Crippen LogP contribution in [-0.4, -0.2) is 44.9 Å². The molecule has 0 radical (unpaired) electrons. The minimum absolute atomic E-state index is 0.0455. The lowest BCUT2D eigenvalue weighted by molar-refractivity contribution is -0.523. The smallest absolute Gasteiger partial charge is 0.411 e. The summed E-state index contributed by atoms with van der Waals surface area (Å²) >= 11 is 0. The maximum atomic E-state index is 13.0. The van der Waals surface area contributed by atoms with E-state index in [4.69, 9.17) is 10.5 Å². The van der Waals surface area contributed by atoms with Crippen molar-refractivity contribution in [1.29, 1.82) is 0 Å². The van der Waals surface area contributed by atoms with E-state index in [1.54, 1.807) is 29.4 Å². The number of hydrogen-bond donors (Lipinski definition) is 3. The molecular formula is C33H34N7O3+. The van der Waals surface area contributed by atoms with Crippen LogP contribution in [-0.2, 0) is 4.74 Å². The number of benzene rings is 1. The van der Waals surface area contributed by atoms with E-state index in [0.717, 1.165) is 48.3 Å². The maximum Gasteiger partial charge on any atom is 0.415 e. The van der Waals surface area contributed by atoms with Crippen LogP contribution in [0.5, 0.6) is 0 Å². The summed E-state index contributed by atoms with van der Waals surface area (Å²) in [6, 6.07) is 11.4. The summed E-state index contributed by atoms with van der Waals surface area (Å²) in [4.78, 5) is 40.0. The van der Waals surface area contributed by atoms with Crippen LogP contribution in [0.1, 0.15) is 72.1 Å². The van der Waals surface area contributed by atoms with Gasteiger partial charge in [-0.2, -0.15) is 4.40 Å². The molecule has 2 amide bonds. The Hall–Kier alpha value is -4.99. The second-order valence-corrected chi connectivity index (χ2v) is 11.4. The van der Waals surface area contributed by atoms with E-state index in [-0.39, 0.29) is 17.9 Å². The molecule has 1 saturated carbocycles. The molecule has 43 heavy (non-hydrogen) atoms. The molecule has 0 unspecified atom stereocenters. The number of nitrogens with one attached hydrogen (secondary N) is 2. The summed E-state index contributed by atoms with van der Waals surface area (Å²) in [6.07, 6.45) is 16.8. The molecule has 2 aliphatic carbocycles. The molecule has 3 aromatic heterocycles. The van der Waals surface area contributed by atoms with Crippen LogP contribution in [0.2, 0.25) is 0 Å². The molecule has 0 spiro atoms. The summed E-state index contributed by atoms with van der Waals surface area (Å²) in [5.74, 6) is 2.92. The zero-order chi connectivity index (χ0) is 29.3. The highest BCUT2D eigenvalue weighted by Crippen LogP contribution is 2.40. The van der Waals surface area contributed by atoms with E-state index >= 15 is 0 Å². The zero-order valence-electron chi connectivity index (χ0n) is 23.8. The van der Waals surface area contributed by atoms with Gasteiger partial charge in [-0.15, -0.1) is 0 Å². The molecule has 1 aromatic carbocycles. The highest BCUT2D eigenvalue weighted by molar-refractivity contribution is 6.04. The van der Waals surface area contributed by atoms with Gasteiger partial charge in [0.2, 0.25) is 5.52 Å². The van der Waals surface area contributed by atoms with Gasteiger partial charge in [-0.25, -0.2) is 19.7 Å². The Balaban J connectivity index is 1.12. The number of anilines is 2. The van der Waals surface area contributed by atoms with Gasteiger partial charge in [0.05, 0.1) is 12.1 Å². The van der Waals surface area contributed by atoms with Gasteiger partial charge in [0.25, 0.3) is 11.7 Å². The molecule has 4 N–H and O–H groups in total. The first-order valence-corrected chi connectivity index (χ1v) is 14.9. The maximum absolute atomic E-state index is 13.0. The highest BCUT2D eigenvalue weighted by Gasteiger charge is 2.34. The van der Waals surface area contributed by atoms with Crippen molar-refractivity contribution in [1.82, 2.24) is 19.9 Å². The number of ether oxygens (including phenoxy) is 1. The van der Waals surface area contributed by atoms with Crippen LogP contribution in [0.25, 0.3) is 16.8 Å². The molecule has 4 aromatic rings. The molecule has 1 aliphatic heterocycles. The van der Waals surface area contributed by atoms with Crippen molar-refractivity contribution in [2.24, 2.45) is 0 Å².